The highest BCUT2D eigenvalue weighted by Crippen LogP contribution is 2.31. The Balaban J connectivity index is 1.78. The second-order valence-electron chi connectivity index (χ2n) is 4.97. The van der Waals surface area contributed by atoms with Crippen molar-refractivity contribution in [1.82, 2.24) is 0 Å². The Morgan fingerprint density at radius 1 is 1.14 bits per heavy atom. The van der Waals surface area contributed by atoms with Gasteiger partial charge in [0.05, 0.1) is 5.69 Å². The Labute approximate surface area is 123 Å². The lowest BCUT2D eigenvalue weighted by Gasteiger charge is -2.02. The summed E-state index contributed by atoms with van der Waals surface area (Å²) < 4.78 is 0. The maximum Gasteiger partial charge on any atom is 0.237 e. The van der Waals surface area contributed by atoms with Crippen molar-refractivity contribution in [1.29, 1.82) is 0 Å². The van der Waals surface area contributed by atoms with E-state index >= 15 is 0 Å². The molecule has 4 heteroatoms. The topological polar surface area (TPSA) is 61.7 Å². The first-order valence-electron chi connectivity index (χ1n) is 6.92. The molecule has 1 amide bonds. The summed E-state index contributed by atoms with van der Waals surface area (Å²) in [6.45, 7) is 0.141. The van der Waals surface area contributed by atoms with Crippen LogP contribution in [-0.2, 0) is 11.2 Å². The van der Waals surface area contributed by atoms with Gasteiger partial charge in [0, 0.05) is 18.5 Å². The average molecular weight is 280 g/mol. The highest BCUT2D eigenvalue weighted by atomic mass is 16.2. The number of hydrogen-bond acceptors (Lipinski definition) is 3. The van der Waals surface area contributed by atoms with Crippen molar-refractivity contribution >= 4 is 23.5 Å². The molecule has 0 radical (unpaired) electrons. The minimum Gasteiger partial charge on any atom is -0.396 e. The number of carbonyl (C=O) groups excluding carboxylic acids is 1. The molecule has 0 saturated carbocycles. The van der Waals surface area contributed by atoms with E-state index in [0.29, 0.717) is 6.42 Å². The van der Waals surface area contributed by atoms with Crippen LogP contribution in [0.25, 0.3) is 0 Å². The van der Waals surface area contributed by atoms with Gasteiger partial charge >= 0.3 is 0 Å². The second-order valence-corrected chi connectivity index (χ2v) is 4.97. The molecule has 106 valence electrons. The minimum atomic E-state index is -0.335. The number of aliphatic imine (C=N–C) groups is 1. The van der Waals surface area contributed by atoms with Gasteiger partial charge in [-0.05, 0) is 35.7 Å². The quantitative estimate of drug-likeness (QED) is 0.846. The molecule has 0 spiro atoms. The summed E-state index contributed by atoms with van der Waals surface area (Å²) in [6.07, 6.45) is 2.32. The minimum absolute atomic E-state index is 0.0446. The normalized spacial score (nSPS) is 17.0. The molecule has 21 heavy (non-hydrogen) atoms. The molecule has 0 bridgehead atoms. The molecule has 1 aliphatic heterocycles. The number of benzene rings is 2. The van der Waals surface area contributed by atoms with Crippen molar-refractivity contribution in [3.05, 3.63) is 59.7 Å². The molecule has 3 rings (SSSR count). The Kier molecular flexibility index (Phi) is 3.79. The zero-order chi connectivity index (χ0) is 14.7. The van der Waals surface area contributed by atoms with E-state index in [-0.39, 0.29) is 18.4 Å². The maximum absolute atomic E-state index is 12.0. The number of aliphatic hydroxyl groups excluding tert-OH is 1. The number of nitrogens with one attached hydrogen (secondary N) is 1. The predicted octanol–water partition coefficient (Wildman–Crippen LogP) is 2.66. The molecule has 1 aliphatic rings. The predicted molar refractivity (Wildman–Crippen MR) is 83.2 cm³/mol. The van der Waals surface area contributed by atoms with Crippen molar-refractivity contribution in [3.8, 4) is 0 Å². The van der Waals surface area contributed by atoms with Gasteiger partial charge < -0.3 is 10.4 Å². The van der Waals surface area contributed by atoms with E-state index in [4.69, 9.17) is 5.11 Å². The monoisotopic (exact) mass is 280 g/mol. The van der Waals surface area contributed by atoms with Crippen LogP contribution in [0.15, 0.2) is 53.5 Å². The second kappa shape index (κ2) is 5.89. The Hall–Kier alpha value is -2.46. The number of rotatable bonds is 4. The van der Waals surface area contributed by atoms with Gasteiger partial charge in [0.25, 0.3) is 0 Å². The van der Waals surface area contributed by atoms with E-state index in [9.17, 15) is 4.79 Å². The van der Waals surface area contributed by atoms with Crippen LogP contribution in [0, 0.1) is 0 Å². The molecule has 2 aromatic rings. The summed E-state index contributed by atoms with van der Waals surface area (Å²) in [5.74, 6) is -0.379. The first kappa shape index (κ1) is 13.5. The lowest BCUT2D eigenvalue weighted by atomic mass is 10.0. The van der Waals surface area contributed by atoms with Gasteiger partial charge in [-0.15, -0.1) is 0 Å². The van der Waals surface area contributed by atoms with Gasteiger partial charge in [0.2, 0.25) is 5.91 Å². The largest absolute Gasteiger partial charge is 0.396 e. The highest BCUT2D eigenvalue weighted by Gasteiger charge is 2.28. The molecule has 2 N–H and O–H groups in total. The molecular formula is C17H16N2O2. The Morgan fingerprint density at radius 2 is 1.90 bits per heavy atom. The molecule has 1 unspecified atom stereocenters. The molecule has 1 heterocycles. The Morgan fingerprint density at radius 3 is 2.67 bits per heavy atom. The fourth-order valence-corrected chi connectivity index (χ4v) is 2.42. The van der Waals surface area contributed by atoms with E-state index < -0.39 is 0 Å². The van der Waals surface area contributed by atoms with Crippen molar-refractivity contribution < 1.29 is 9.90 Å². The summed E-state index contributed by atoms with van der Waals surface area (Å²) in [6, 6.07) is 15.3. The third-order valence-electron chi connectivity index (χ3n) is 3.55. The van der Waals surface area contributed by atoms with E-state index in [1.54, 1.807) is 6.21 Å². The van der Waals surface area contributed by atoms with Gasteiger partial charge in [0.1, 0.15) is 5.92 Å². The molecule has 4 nitrogen and oxygen atoms in total. The zero-order valence-electron chi connectivity index (χ0n) is 11.5. The summed E-state index contributed by atoms with van der Waals surface area (Å²) in [4.78, 5) is 16.4. The summed E-state index contributed by atoms with van der Waals surface area (Å²) >= 11 is 0. The standard InChI is InChI=1S/C17H16N2O2/c20-10-9-12-5-7-13(8-6-12)18-11-15-14-3-1-2-4-16(14)19-17(15)21/h1-8,11,15,20H,9-10H2,(H,19,21). The summed E-state index contributed by atoms with van der Waals surface area (Å²) in [5, 5.41) is 11.7. The summed E-state index contributed by atoms with van der Waals surface area (Å²) in [7, 11) is 0. The van der Waals surface area contributed by atoms with Crippen LogP contribution in [0.4, 0.5) is 11.4 Å². The van der Waals surface area contributed by atoms with Crippen molar-refractivity contribution in [2.24, 2.45) is 4.99 Å². The van der Waals surface area contributed by atoms with Gasteiger partial charge in [-0.3, -0.25) is 9.79 Å². The van der Waals surface area contributed by atoms with Crippen LogP contribution >= 0.6 is 0 Å². The average Bonchev–Trinajstić information content (AvgIpc) is 2.82. The fraction of sp³-hybridized carbons (Fsp3) is 0.176. The molecule has 2 aromatic carbocycles. The number of hydrogen-bond donors (Lipinski definition) is 2. The third-order valence-corrected chi connectivity index (χ3v) is 3.55. The maximum atomic E-state index is 12.0. The molecule has 0 aromatic heterocycles. The third kappa shape index (κ3) is 2.85. The van der Waals surface area contributed by atoms with Crippen LogP contribution < -0.4 is 5.32 Å². The van der Waals surface area contributed by atoms with Gasteiger partial charge in [-0.1, -0.05) is 30.3 Å². The first-order valence-corrected chi connectivity index (χ1v) is 6.92. The van der Waals surface area contributed by atoms with Gasteiger partial charge in [0.15, 0.2) is 0 Å². The number of aliphatic hydroxyl groups is 1. The Bertz CT molecular complexity index is 677. The van der Waals surface area contributed by atoms with Crippen LogP contribution in [0.1, 0.15) is 17.0 Å². The number of fused-ring (bicyclic) bond motifs is 1. The SMILES string of the molecule is O=C1Nc2ccccc2C1C=Nc1ccc(CCO)cc1. The zero-order valence-corrected chi connectivity index (χ0v) is 11.5. The first-order chi connectivity index (χ1) is 10.3. The molecule has 0 fully saturated rings. The number of anilines is 1. The smallest absolute Gasteiger partial charge is 0.237 e. The highest BCUT2D eigenvalue weighted by molar-refractivity contribution is 6.12. The lowest BCUT2D eigenvalue weighted by molar-refractivity contribution is -0.115. The molecule has 1 atom stereocenters. The number of amides is 1. The van der Waals surface area contributed by atoms with Crippen LogP contribution in [0.2, 0.25) is 0 Å². The van der Waals surface area contributed by atoms with Gasteiger partial charge in [-0.2, -0.15) is 0 Å². The number of nitrogens with zero attached hydrogens (tertiary/aromatic N) is 1. The fourth-order valence-electron chi connectivity index (χ4n) is 2.42. The van der Waals surface area contributed by atoms with E-state index in [0.717, 1.165) is 22.5 Å². The van der Waals surface area contributed by atoms with Crippen molar-refractivity contribution in [2.75, 3.05) is 11.9 Å². The molecular weight excluding hydrogens is 264 g/mol. The van der Waals surface area contributed by atoms with Crippen molar-refractivity contribution in [3.63, 3.8) is 0 Å². The van der Waals surface area contributed by atoms with Crippen LogP contribution in [0.5, 0.6) is 0 Å². The molecule has 0 aliphatic carbocycles. The lowest BCUT2D eigenvalue weighted by Crippen LogP contribution is -2.12. The molecule has 0 saturated heterocycles. The van der Waals surface area contributed by atoms with Gasteiger partial charge in [-0.25, -0.2) is 0 Å². The number of para-hydroxylation sites is 1. The van der Waals surface area contributed by atoms with E-state index in [1.807, 2.05) is 48.5 Å². The summed E-state index contributed by atoms with van der Waals surface area (Å²) in [5.41, 5.74) is 3.69. The van der Waals surface area contributed by atoms with Crippen LogP contribution in [0.3, 0.4) is 0 Å². The van der Waals surface area contributed by atoms with Crippen molar-refractivity contribution in [2.45, 2.75) is 12.3 Å². The van der Waals surface area contributed by atoms with E-state index in [1.165, 1.54) is 0 Å². The van der Waals surface area contributed by atoms with E-state index in [2.05, 4.69) is 10.3 Å². The van der Waals surface area contributed by atoms with Crippen LogP contribution in [-0.4, -0.2) is 23.8 Å². The number of carbonyl (C=O) groups is 1.